The first kappa shape index (κ1) is 15.2. The SMILES string of the molecule is CCCCCCC(=O)N(Cc1ccc2c(c1)OCO2)C1CC1. The van der Waals surface area contributed by atoms with Crippen molar-refractivity contribution in [2.24, 2.45) is 0 Å². The number of unbranched alkanes of at least 4 members (excludes halogenated alkanes) is 3. The van der Waals surface area contributed by atoms with Gasteiger partial charge < -0.3 is 14.4 Å². The van der Waals surface area contributed by atoms with Crippen LogP contribution < -0.4 is 9.47 Å². The third-order valence-corrected chi connectivity index (χ3v) is 4.34. The summed E-state index contributed by atoms with van der Waals surface area (Å²) in [6.07, 6.45) is 7.57. The summed E-state index contributed by atoms with van der Waals surface area (Å²) in [7, 11) is 0. The number of fused-ring (bicyclic) bond motifs is 1. The number of hydrogen-bond acceptors (Lipinski definition) is 3. The van der Waals surface area contributed by atoms with Crippen LogP contribution in [-0.2, 0) is 11.3 Å². The van der Waals surface area contributed by atoms with Gasteiger partial charge in [0.25, 0.3) is 0 Å². The van der Waals surface area contributed by atoms with Gasteiger partial charge in [0.05, 0.1) is 0 Å². The van der Waals surface area contributed by atoms with Crippen LogP contribution in [0.25, 0.3) is 0 Å². The van der Waals surface area contributed by atoms with Gasteiger partial charge in [0.1, 0.15) is 0 Å². The minimum absolute atomic E-state index is 0.293. The van der Waals surface area contributed by atoms with E-state index in [-0.39, 0.29) is 0 Å². The molecule has 0 aromatic heterocycles. The molecule has 0 atom stereocenters. The zero-order chi connectivity index (χ0) is 15.4. The van der Waals surface area contributed by atoms with Crippen LogP contribution in [0, 0.1) is 0 Å². The van der Waals surface area contributed by atoms with E-state index in [1.807, 2.05) is 18.2 Å². The molecule has 0 saturated heterocycles. The quantitative estimate of drug-likeness (QED) is 0.684. The molecule has 1 aliphatic carbocycles. The maximum atomic E-state index is 12.5. The summed E-state index contributed by atoms with van der Waals surface area (Å²) in [5.41, 5.74) is 1.12. The first-order chi connectivity index (χ1) is 10.8. The Kier molecular flexibility index (Phi) is 4.86. The Balaban J connectivity index is 1.58. The number of rotatable bonds is 8. The van der Waals surface area contributed by atoms with E-state index in [1.54, 1.807) is 0 Å². The fourth-order valence-corrected chi connectivity index (χ4v) is 2.89. The van der Waals surface area contributed by atoms with Gasteiger partial charge in [-0.3, -0.25) is 4.79 Å². The highest BCUT2D eigenvalue weighted by molar-refractivity contribution is 5.76. The molecule has 4 nitrogen and oxygen atoms in total. The highest BCUT2D eigenvalue weighted by atomic mass is 16.7. The average molecular weight is 303 g/mol. The normalized spacial score (nSPS) is 15.9. The number of hydrogen-bond donors (Lipinski definition) is 0. The first-order valence-electron chi connectivity index (χ1n) is 8.46. The van der Waals surface area contributed by atoms with E-state index >= 15 is 0 Å². The summed E-state index contributed by atoms with van der Waals surface area (Å²) in [4.78, 5) is 14.6. The smallest absolute Gasteiger partial charge is 0.231 e. The molecule has 1 fully saturated rings. The number of amides is 1. The third kappa shape index (κ3) is 3.73. The van der Waals surface area contributed by atoms with Crippen molar-refractivity contribution in [2.75, 3.05) is 6.79 Å². The molecule has 0 spiro atoms. The lowest BCUT2D eigenvalue weighted by atomic mass is 10.1. The van der Waals surface area contributed by atoms with Crippen molar-refractivity contribution in [3.63, 3.8) is 0 Å². The second kappa shape index (κ2) is 7.03. The maximum absolute atomic E-state index is 12.5. The Morgan fingerprint density at radius 1 is 1.18 bits per heavy atom. The molecule has 1 aromatic rings. The van der Waals surface area contributed by atoms with Gasteiger partial charge in [-0.05, 0) is 37.0 Å². The van der Waals surface area contributed by atoms with Crippen LogP contribution in [0.4, 0.5) is 0 Å². The molecule has 1 heterocycles. The van der Waals surface area contributed by atoms with Crippen LogP contribution in [0.5, 0.6) is 11.5 Å². The van der Waals surface area contributed by atoms with Crippen molar-refractivity contribution in [3.8, 4) is 11.5 Å². The lowest BCUT2D eigenvalue weighted by molar-refractivity contribution is -0.132. The second-order valence-electron chi connectivity index (χ2n) is 6.25. The van der Waals surface area contributed by atoms with Gasteiger partial charge in [-0.1, -0.05) is 32.3 Å². The Morgan fingerprint density at radius 3 is 2.77 bits per heavy atom. The molecule has 0 N–H and O–H groups in total. The van der Waals surface area contributed by atoms with Crippen LogP contribution in [0.3, 0.4) is 0 Å². The van der Waals surface area contributed by atoms with Crippen molar-refractivity contribution in [1.82, 2.24) is 4.90 Å². The number of nitrogens with zero attached hydrogens (tertiary/aromatic N) is 1. The van der Waals surface area contributed by atoms with Crippen LogP contribution in [0.1, 0.15) is 57.4 Å². The predicted molar refractivity (Wildman–Crippen MR) is 84.9 cm³/mol. The highest BCUT2D eigenvalue weighted by Crippen LogP contribution is 2.34. The molecule has 0 bridgehead atoms. The molecule has 0 unspecified atom stereocenters. The predicted octanol–water partition coefficient (Wildman–Crippen LogP) is 3.88. The van der Waals surface area contributed by atoms with Crippen molar-refractivity contribution in [3.05, 3.63) is 23.8 Å². The number of benzene rings is 1. The lowest BCUT2D eigenvalue weighted by Crippen LogP contribution is -2.32. The highest BCUT2D eigenvalue weighted by Gasteiger charge is 2.32. The maximum Gasteiger partial charge on any atom is 0.231 e. The Hall–Kier alpha value is -1.71. The molecular formula is C18H25NO3. The van der Waals surface area contributed by atoms with E-state index in [1.165, 1.54) is 12.8 Å². The third-order valence-electron chi connectivity index (χ3n) is 4.34. The summed E-state index contributed by atoms with van der Waals surface area (Å²) in [6, 6.07) is 6.42. The summed E-state index contributed by atoms with van der Waals surface area (Å²) >= 11 is 0. The minimum Gasteiger partial charge on any atom is -0.454 e. The zero-order valence-electron chi connectivity index (χ0n) is 13.3. The van der Waals surface area contributed by atoms with Crippen molar-refractivity contribution in [2.45, 2.75) is 64.5 Å². The van der Waals surface area contributed by atoms with E-state index in [0.29, 0.717) is 31.7 Å². The van der Waals surface area contributed by atoms with Crippen molar-refractivity contribution < 1.29 is 14.3 Å². The molecule has 2 aliphatic rings. The average Bonchev–Trinajstić information content (AvgIpc) is 3.26. The zero-order valence-corrected chi connectivity index (χ0v) is 13.3. The molecule has 1 amide bonds. The van der Waals surface area contributed by atoms with E-state index < -0.39 is 0 Å². The van der Waals surface area contributed by atoms with Gasteiger partial charge in [0, 0.05) is 19.0 Å². The Morgan fingerprint density at radius 2 is 2.00 bits per heavy atom. The van der Waals surface area contributed by atoms with Crippen LogP contribution in [0.15, 0.2) is 18.2 Å². The molecule has 1 aromatic carbocycles. The van der Waals surface area contributed by atoms with Gasteiger partial charge in [-0.15, -0.1) is 0 Å². The molecule has 4 heteroatoms. The van der Waals surface area contributed by atoms with Crippen molar-refractivity contribution in [1.29, 1.82) is 0 Å². The van der Waals surface area contributed by atoms with Crippen LogP contribution >= 0.6 is 0 Å². The standard InChI is InChI=1S/C18H25NO3/c1-2-3-4-5-6-18(20)19(15-8-9-15)12-14-7-10-16-17(11-14)22-13-21-16/h7,10-11,15H,2-6,8-9,12-13H2,1H3. The Labute approximate surface area is 132 Å². The number of ether oxygens (including phenoxy) is 2. The van der Waals surface area contributed by atoms with E-state index in [4.69, 9.17) is 9.47 Å². The number of carbonyl (C=O) groups excluding carboxylic acids is 1. The molecule has 1 aliphatic heterocycles. The summed E-state index contributed by atoms with van der Waals surface area (Å²) in [6.45, 7) is 3.17. The van der Waals surface area contributed by atoms with Gasteiger partial charge >= 0.3 is 0 Å². The van der Waals surface area contributed by atoms with E-state index in [0.717, 1.165) is 42.7 Å². The van der Waals surface area contributed by atoms with Gasteiger partial charge in [-0.2, -0.15) is 0 Å². The molecule has 0 radical (unpaired) electrons. The summed E-state index contributed by atoms with van der Waals surface area (Å²) in [5.74, 6) is 1.90. The Bertz CT molecular complexity index is 525. The molecule has 120 valence electrons. The van der Waals surface area contributed by atoms with Crippen molar-refractivity contribution >= 4 is 5.91 Å². The van der Waals surface area contributed by atoms with E-state index in [2.05, 4.69) is 11.8 Å². The molecular weight excluding hydrogens is 278 g/mol. The lowest BCUT2D eigenvalue weighted by Gasteiger charge is -2.23. The summed E-state index contributed by atoms with van der Waals surface area (Å²) in [5, 5.41) is 0. The molecule has 3 rings (SSSR count). The number of carbonyl (C=O) groups is 1. The molecule has 22 heavy (non-hydrogen) atoms. The first-order valence-corrected chi connectivity index (χ1v) is 8.46. The van der Waals surface area contributed by atoms with Gasteiger partial charge in [0.15, 0.2) is 11.5 Å². The fraction of sp³-hybridized carbons (Fsp3) is 0.611. The van der Waals surface area contributed by atoms with E-state index in [9.17, 15) is 4.79 Å². The second-order valence-corrected chi connectivity index (χ2v) is 6.25. The van der Waals surface area contributed by atoms with Gasteiger partial charge in [-0.25, -0.2) is 0 Å². The van der Waals surface area contributed by atoms with Crippen LogP contribution in [-0.4, -0.2) is 23.6 Å². The monoisotopic (exact) mass is 303 g/mol. The van der Waals surface area contributed by atoms with Gasteiger partial charge in [0.2, 0.25) is 12.7 Å². The fourth-order valence-electron chi connectivity index (χ4n) is 2.89. The van der Waals surface area contributed by atoms with Crippen LogP contribution in [0.2, 0.25) is 0 Å². The topological polar surface area (TPSA) is 38.8 Å². The molecule has 1 saturated carbocycles. The minimum atomic E-state index is 0.293. The largest absolute Gasteiger partial charge is 0.454 e. The summed E-state index contributed by atoms with van der Waals surface area (Å²) < 4.78 is 10.8.